The summed E-state index contributed by atoms with van der Waals surface area (Å²) < 4.78 is 0. The molecule has 0 aliphatic carbocycles. The summed E-state index contributed by atoms with van der Waals surface area (Å²) in [5.74, 6) is -1.10. The van der Waals surface area contributed by atoms with E-state index in [1.165, 1.54) is 11.3 Å². The van der Waals surface area contributed by atoms with E-state index in [4.69, 9.17) is 0 Å². The third kappa shape index (κ3) is 2.41. The molecule has 2 aromatic rings. The first-order valence-corrected chi connectivity index (χ1v) is 8.10. The number of carbonyl (C=O) groups is 2. The molecule has 0 radical (unpaired) electrons. The lowest BCUT2D eigenvalue weighted by atomic mass is 9.89. The zero-order valence-corrected chi connectivity index (χ0v) is 14.1. The molecule has 0 spiro atoms. The summed E-state index contributed by atoms with van der Waals surface area (Å²) in [6.45, 7) is 7.50. The summed E-state index contributed by atoms with van der Waals surface area (Å²) in [5, 5.41) is 13.0. The highest BCUT2D eigenvalue weighted by Gasteiger charge is 2.43. The van der Waals surface area contributed by atoms with Gasteiger partial charge in [-0.15, -0.1) is 11.3 Å². The van der Waals surface area contributed by atoms with Gasteiger partial charge in [-0.3, -0.25) is 4.79 Å². The average molecular weight is 331 g/mol. The smallest absolute Gasteiger partial charge is 0.338 e. The normalized spacial score (nSPS) is 20.9. The number of fused-ring (bicyclic) bond motifs is 1. The van der Waals surface area contributed by atoms with E-state index in [-0.39, 0.29) is 28.9 Å². The number of rotatable bonds is 3. The summed E-state index contributed by atoms with van der Waals surface area (Å²) in [6, 6.07) is 3.49. The number of pyridine rings is 1. The number of carboxylic acids is 1. The van der Waals surface area contributed by atoms with E-state index >= 15 is 0 Å². The number of nitrogens with zero attached hydrogens (tertiary/aromatic N) is 2. The SMILES string of the molecule is Cc1cc2cc(C(=O)O)c(C3=NC(C)(C(C)C)C(=O)N3)nc2s1. The molecule has 0 saturated heterocycles. The number of thiophene rings is 1. The van der Waals surface area contributed by atoms with Crippen LogP contribution in [0.4, 0.5) is 0 Å². The van der Waals surface area contributed by atoms with Gasteiger partial charge in [-0.1, -0.05) is 13.8 Å². The molecule has 6 nitrogen and oxygen atoms in total. The number of nitrogens with one attached hydrogen (secondary N) is 1. The number of carboxylic acid groups (broad SMARTS) is 1. The summed E-state index contributed by atoms with van der Waals surface area (Å²) in [6.07, 6.45) is 0. The van der Waals surface area contributed by atoms with Crippen molar-refractivity contribution in [2.75, 3.05) is 0 Å². The van der Waals surface area contributed by atoms with Crippen molar-refractivity contribution in [1.82, 2.24) is 10.3 Å². The highest BCUT2D eigenvalue weighted by atomic mass is 32.1. The molecule has 1 atom stereocenters. The Bertz CT molecular complexity index is 869. The zero-order valence-electron chi connectivity index (χ0n) is 13.3. The standard InChI is InChI=1S/C16H17N3O3S/c1-7(2)16(4)15(22)18-12(19-16)11-10(14(20)21)6-9-5-8(3)23-13(9)17-11/h5-7H,1-4H3,(H,20,21)(H,18,19,22). The Labute approximate surface area is 137 Å². The van der Waals surface area contributed by atoms with E-state index in [1.807, 2.05) is 26.8 Å². The van der Waals surface area contributed by atoms with Crippen LogP contribution < -0.4 is 5.32 Å². The largest absolute Gasteiger partial charge is 0.478 e. The van der Waals surface area contributed by atoms with Crippen LogP contribution in [-0.2, 0) is 4.79 Å². The van der Waals surface area contributed by atoms with Gasteiger partial charge in [0.1, 0.15) is 16.1 Å². The number of hydrogen-bond acceptors (Lipinski definition) is 5. The van der Waals surface area contributed by atoms with Crippen LogP contribution in [0.3, 0.4) is 0 Å². The van der Waals surface area contributed by atoms with E-state index in [0.717, 1.165) is 15.1 Å². The number of hydrogen-bond donors (Lipinski definition) is 2. The number of aromatic nitrogens is 1. The molecule has 0 bridgehead atoms. The van der Waals surface area contributed by atoms with Gasteiger partial charge >= 0.3 is 5.97 Å². The molecule has 0 fully saturated rings. The Morgan fingerprint density at radius 1 is 1.39 bits per heavy atom. The van der Waals surface area contributed by atoms with E-state index in [2.05, 4.69) is 15.3 Å². The Hall–Kier alpha value is -2.28. The van der Waals surface area contributed by atoms with Crippen molar-refractivity contribution < 1.29 is 14.7 Å². The van der Waals surface area contributed by atoms with Gasteiger partial charge in [-0.05, 0) is 31.9 Å². The summed E-state index contributed by atoms with van der Waals surface area (Å²) in [5.41, 5.74) is -0.653. The number of amides is 1. The minimum Gasteiger partial charge on any atom is -0.478 e. The molecule has 1 aliphatic heterocycles. The third-order valence-electron chi connectivity index (χ3n) is 4.25. The van der Waals surface area contributed by atoms with Crippen molar-refractivity contribution in [3.63, 3.8) is 0 Å². The Balaban J connectivity index is 2.21. The van der Waals surface area contributed by atoms with Gasteiger partial charge in [0, 0.05) is 10.3 Å². The first kappa shape index (κ1) is 15.6. The maximum Gasteiger partial charge on any atom is 0.338 e. The van der Waals surface area contributed by atoms with Crippen LogP contribution in [-0.4, -0.2) is 33.3 Å². The number of amidine groups is 1. The average Bonchev–Trinajstić information content (AvgIpc) is 2.97. The van der Waals surface area contributed by atoms with Crippen molar-refractivity contribution in [3.8, 4) is 0 Å². The lowest BCUT2D eigenvalue weighted by Crippen LogP contribution is -2.41. The Kier molecular flexibility index (Phi) is 3.48. The summed E-state index contributed by atoms with van der Waals surface area (Å²) >= 11 is 1.48. The molecule has 1 aliphatic rings. The molecule has 120 valence electrons. The van der Waals surface area contributed by atoms with Gasteiger partial charge in [0.15, 0.2) is 5.84 Å². The van der Waals surface area contributed by atoms with Crippen LogP contribution >= 0.6 is 11.3 Å². The van der Waals surface area contributed by atoms with Crippen molar-refractivity contribution in [2.24, 2.45) is 10.9 Å². The molecule has 2 aromatic heterocycles. The van der Waals surface area contributed by atoms with Crippen LogP contribution in [0, 0.1) is 12.8 Å². The maximum atomic E-state index is 12.3. The molecule has 2 N–H and O–H groups in total. The predicted molar refractivity (Wildman–Crippen MR) is 89.2 cm³/mol. The molecule has 7 heteroatoms. The van der Waals surface area contributed by atoms with Crippen molar-refractivity contribution >= 4 is 39.3 Å². The minimum absolute atomic E-state index is 0.0130. The molecule has 3 rings (SSSR count). The van der Waals surface area contributed by atoms with Crippen molar-refractivity contribution in [1.29, 1.82) is 0 Å². The van der Waals surface area contributed by atoms with Gasteiger partial charge in [-0.2, -0.15) is 0 Å². The summed E-state index contributed by atoms with van der Waals surface area (Å²) in [4.78, 5) is 34.6. The topological polar surface area (TPSA) is 91.6 Å². The van der Waals surface area contributed by atoms with Gasteiger partial charge < -0.3 is 10.4 Å². The second-order valence-corrected chi connectivity index (χ2v) is 7.39. The lowest BCUT2D eigenvalue weighted by Gasteiger charge is -2.21. The highest BCUT2D eigenvalue weighted by Crippen LogP contribution is 2.30. The van der Waals surface area contributed by atoms with Gasteiger partial charge in [0.05, 0.1) is 5.56 Å². The maximum absolute atomic E-state index is 12.3. The first-order chi connectivity index (χ1) is 10.7. The predicted octanol–water partition coefficient (Wildman–Crippen LogP) is 2.59. The molecule has 0 aromatic carbocycles. The number of aryl methyl sites for hydroxylation is 1. The van der Waals surface area contributed by atoms with Gasteiger partial charge in [0.2, 0.25) is 0 Å². The first-order valence-electron chi connectivity index (χ1n) is 7.28. The molecule has 3 heterocycles. The van der Waals surface area contributed by atoms with Crippen LogP contribution in [0.1, 0.15) is 41.7 Å². The fourth-order valence-corrected chi connectivity index (χ4v) is 3.35. The second kappa shape index (κ2) is 5.13. The Morgan fingerprint density at radius 2 is 2.09 bits per heavy atom. The Morgan fingerprint density at radius 3 is 2.65 bits per heavy atom. The van der Waals surface area contributed by atoms with Gasteiger partial charge in [0.25, 0.3) is 5.91 Å². The monoisotopic (exact) mass is 331 g/mol. The van der Waals surface area contributed by atoms with Gasteiger partial charge in [-0.25, -0.2) is 14.8 Å². The highest BCUT2D eigenvalue weighted by molar-refractivity contribution is 7.18. The molecule has 0 saturated carbocycles. The minimum atomic E-state index is -1.09. The fraction of sp³-hybridized carbons (Fsp3) is 0.375. The molecule has 23 heavy (non-hydrogen) atoms. The van der Waals surface area contributed by atoms with Crippen molar-refractivity contribution in [3.05, 3.63) is 28.3 Å². The van der Waals surface area contributed by atoms with Crippen LogP contribution in [0.2, 0.25) is 0 Å². The lowest BCUT2D eigenvalue weighted by molar-refractivity contribution is -0.124. The summed E-state index contributed by atoms with van der Waals surface area (Å²) in [7, 11) is 0. The van der Waals surface area contributed by atoms with E-state index in [0.29, 0.717) is 0 Å². The van der Waals surface area contributed by atoms with Crippen molar-refractivity contribution in [2.45, 2.75) is 33.2 Å². The van der Waals surface area contributed by atoms with E-state index < -0.39 is 11.5 Å². The number of aliphatic imine (C=N–C) groups is 1. The quantitative estimate of drug-likeness (QED) is 0.904. The van der Waals surface area contributed by atoms with Crippen LogP contribution in [0.25, 0.3) is 10.2 Å². The van der Waals surface area contributed by atoms with Crippen LogP contribution in [0.5, 0.6) is 0 Å². The van der Waals surface area contributed by atoms with E-state index in [1.54, 1.807) is 13.0 Å². The fourth-order valence-electron chi connectivity index (χ4n) is 2.49. The zero-order chi connectivity index (χ0) is 16.9. The molecular weight excluding hydrogens is 314 g/mol. The number of carbonyl (C=O) groups excluding carboxylic acids is 1. The molecule has 1 amide bonds. The van der Waals surface area contributed by atoms with Crippen LogP contribution in [0.15, 0.2) is 17.1 Å². The molecular formula is C16H17N3O3S. The van der Waals surface area contributed by atoms with E-state index in [9.17, 15) is 14.7 Å². The molecule has 1 unspecified atom stereocenters. The second-order valence-electron chi connectivity index (χ2n) is 6.16. The third-order valence-corrected chi connectivity index (χ3v) is 5.21. The number of aromatic carboxylic acids is 1.